The molecule has 0 unspecified atom stereocenters. The van der Waals surface area contributed by atoms with E-state index in [9.17, 15) is 9.59 Å². The maximum Gasteiger partial charge on any atom is 0.260 e. The summed E-state index contributed by atoms with van der Waals surface area (Å²) < 4.78 is 10.9. The minimum atomic E-state index is -0.0396. The zero-order valence-corrected chi connectivity index (χ0v) is 15.0. The van der Waals surface area contributed by atoms with Gasteiger partial charge in [0.25, 0.3) is 5.91 Å². The smallest absolute Gasteiger partial charge is 0.260 e. The van der Waals surface area contributed by atoms with Crippen LogP contribution < -0.4 is 9.47 Å². The van der Waals surface area contributed by atoms with Crippen molar-refractivity contribution in [2.24, 2.45) is 5.92 Å². The molecule has 132 valence electrons. The van der Waals surface area contributed by atoms with Gasteiger partial charge in [0.2, 0.25) is 0 Å². The van der Waals surface area contributed by atoms with Crippen LogP contribution in [0.15, 0.2) is 18.2 Å². The first kappa shape index (κ1) is 18.3. The van der Waals surface area contributed by atoms with Crippen LogP contribution in [-0.4, -0.2) is 43.4 Å². The van der Waals surface area contributed by atoms with Gasteiger partial charge in [-0.25, -0.2) is 0 Å². The molecule has 0 heterocycles. The summed E-state index contributed by atoms with van der Waals surface area (Å²) in [6.07, 6.45) is 4.45. The molecule has 5 heteroatoms. The number of carbonyl (C=O) groups is 2. The lowest BCUT2D eigenvalue weighted by Crippen LogP contribution is -2.41. The Morgan fingerprint density at radius 1 is 1.17 bits per heavy atom. The number of ketones is 1. The van der Waals surface area contributed by atoms with Crippen LogP contribution >= 0.6 is 0 Å². The van der Waals surface area contributed by atoms with E-state index >= 15 is 0 Å². The van der Waals surface area contributed by atoms with Crippen LogP contribution in [0.4, 0.5) is 0 Å². The van der Waals surface area contributed by atoms with E-state index in [0.29, 0.717) is 23.1 Å². The van der Waals surface area contributed by atoms with E-state index in [1.54, 1.807) is 18.2 Å². The predicted octanol–water partition coefficient (Wildman–Crippen LogP) is 3.31. The number of Topliss-reactive ketones (excluding diaryl/α,β-unsaturated/α-hetero) is 1. The quantitative estimate of drug-likeness (QED) is 0.750. The van der Waals surface area contributed by atoms with Gasteiger partial charge in [-0.15, -0.1) is 0 Å². The summed E-state index contributed by atoms with van der Waals surface area (Å²) in [7, 11) is 3.37. The van der Waals surface area contributed by atoms with Crippen LogP contribution in [-0.2, 0) is 4.79 Å². The highest BCUT2D eigenvalue weighted by Gasteiger charge is 2.25. The molecular formula is C19H27NO4. The zero-order valence-electron chi connectivity index (χ0n) is 15.0. The Bertz CT molecular complexity index is 591. The van der Waals surface area contributed by atoms with E-state index in [2.05, 4.69) is 6.92 Å². The first-order chi connectivity index (χ1) is 11.4. The second kappa shape index (κ2) is 8.18. The van der Waals surface area contributed by atoms with E-state index in [0.717, 1.165) is 18.8 Å². The van der Waals surface area contributed by atoms with Gasteiger partial charge in [0.15, 0.2) is 23.9 Å². The molecule has 0 radical (unpaired) electrons. The van der Waals surface area contributed by atoms with Crippen LogP contribution in [0, 0.1) is 5.92 Å². The molecule has 1 amide bonds. The monoisotopic (exact) mass is 333 g/mol. The van der Waals surface area contributed by atoms with E-state index in [4.69, 9.17) is 9.47 Å². The average molecular weight is 333 g/mol. The van der Waals surface area contributed by atoms with Crippen molar-refractivity contribution >= 4 is 11.7 Å². The van der Waals surface area contributed by atoms with Gasteiger partial charge in [-0.3, -0.25) is 9.59 Å². The fourth-order valence-corrected chi connectivity index (χ4v) is 3.08. The number of hydrogen-bond acceptors (Lipinski definition) is 4. The van der Waals surface area contributed by atoms with Crippen molar-refractivity contribution in [2.45, 2.75) is 45.6 Å². The van der Waals surface area contributed by atoms with Crippen LogP contribution in [0.5, 0.6) is 11.5 Å². The summed E-state index contributed by atoms with van der Waals surface area (Å²) in [4.78, 5) is 25.6. The summed E-state index contributed by atoms with van der Waals surface area (Å²) >= 11 is 0. The van der Waals surface area contributed by atoms with Crippen LogP contribution in [0.1, 0.15) is 49.9 Å². The second-order valence-electron chi connectivity index (χ2n) is 6.63. The summed E-state index contributed by atoms with van der Waals surface area (Å²) in [5, 5.41) is 0. The van der Waals surface area contributed by atoms with Crippen molar-refractivity contribution in [1.29, 1.82) is 0 Å². The maximum absolute atomic E-state index is 12.4. The molecule has 0 aromatic heterocycles. The zero-order chi connectivity index (χ0) is 17.7. The standard InChI is InChI=1S/C19H27NO4/c1-13-5-8-16(9-6-13)20(3)19(22)12-24-17-10-7-15(14(2)21)11-18(17)23-4/h7,10-11,13,16H,5-6,8-9,12H2,1-4H3. The lowest BCUT2D eigenvalue weighted by Gasteiger charge is -2.33. The molecule has 24 heavy (non-hydrogen) atoms. The van der Waals surface area contributed by atoms with Gasteiger partial charge >= 0.3 is 0 Å². The highest BCUT2D eigenvalue weighted by molar-refractivity contribution is 5.94. The molecular weight excluding hydrogens is 306 g/mol. The van der Waals surface area contributed by atoms with E-state index in [1.165, 1.54) is 26.9 Å². The normalized spacial score (nSPS) is 20.3. The number of rotatable bonds is 6. The number of benzene rings is 1. The molecule has 2 rings (SSSR count). The maximum atomic E-state index is 12.4. The molecule has 1 fully saturated rings. The molecule has 0 aliphatic heterocycles. The molecule has 1 aromatic carbocycles. The third-order valence-corrected chi connectivity index (χ3v) is 4.85. The molecule has 1 aromatic rings. The number of amides is 1. The van der Waals surface area contributed by atoms with Gasteiger partial charge in [0, 0.05) is 18.7 Å². The Hall–Kier alpha value is -2.04. The fourth-order valence-electron chi connectivity index (χ4n) is 3.08. The van der Waals surface area contributed by atoms with E-state index in [1.807, 2.05) is 11.9 Å². The minimum Gasteiger partial charge on any atom is -0.493 e. The molecule has 1 saturated carbocycles. The SMILES string of the molecule is COc1cc(C(C)=O)ccc1OCC(=O)N(C)C1CCC(C)CC1. The van der Waals surface area contributed by atoms with Crippen LogP contribution in [0.25, 0.3) is 0 Å². The Kier molecular flexibility index (Phi) is 6.23. The topological polar surface area (TPSA) is 55.8 Å². The number of methoxy groups -OCH3 is 1. The third kappa shape index (κ3) is 4.49. The molecule has 0 bridgehead atoms. The first-order valence-electron chi connectivity index (χ1n) is 8.49. The Morgan fingerprint density at radius 3 is 2.42 bits per heavy atom. The lowest BCUT2D eigenvalue weighted by atomic mass is 9.87. The lowest BCUT2D eigenvalue weighted by molar-refractivity contribution is -0.134. The Labute approximate surface area is 143 Å². The van der Waals surface area contributed by atoms with Gasteiger partial charge in [-0.2, -0.15) is 0 Å². The first-order valence-corrected chi connectivity index (χ1v) is 8.49. The van der Waals surface area contributed by atoms with Gasteiger partial charge in [-0.1, -0.05) is 6.92 Å². The molecule has 0 N–H and O–H groups in total. The van der Waals surface area contributed by atoms with Gasteiger partial charge < -0.3 is 14.4 Å². The van der Waals surface area contributed by atoms with Crippen molar-refractivity contribution in [2.75, 3.05) is 20.8 Å². The van der Waals surface area contributed by atoms with Gasteiger partial charge in [0.1, 0.15) is 0 Å². The Morgan fingerprint density at radius 2 is 1.83 bits per heavy atom. The molecule has 1 aliphatic carbocycles. The summed E-state index contributed by atoms with van der Waals surface area (Å²) in [6, 6.07) is 5.29. The Balaban J connectivity index is 1.94. The third-order valence-electron chi connectivity index (χ3n) is 4.85. The fraction of sp³-hybridized carbons (Fsp3) is 0.579. The van der Waals surface area contributed by atoms with E-state index in [-0.39, 0.29) is 18.3 Å². The minimum absolute atomic E-state index is 0.0294. The van der Waals surface area contributed by atoms with Crippen molar-refractivity contribution in [3.05, 3.63) is 23.8 Å². The molecule has 0 saturated heterocycles. The molecule has 0 atom stereocenters. The van der Waals surface area contributed by atoms with Crippen molar-refractivity contribution < 1.29 is 19.1 Å². The predicted molar refractivity (Wildman–Crippen MR) is 92.7 cm³/mol. The number of likely N-dealkylation sites (N-methyl/N-ethyl adjacent to an activating group) is 1. The number of carbonyl (C=O) groups excluding carboxylic acids is 2. The summed E-state index contributed by atoms with van der Waals surface area (Å²) in [5.41, 5.74) is 0.555. The van der Waals surface area contributed by atoms with Gasteiger partial charge in [0.05, 0.1) is 7.11 Å². The largest absolute Gasteiger partial charge is 0.493 e. The number of nitrogens with zero attached hydrogens (tertiary/aromatic N) is 1. The van der Waals surface area contributed by atoms with E-state index < -0.39 is 0 Å². The molecule has 0 spiro atoms. The second-order valence-corrected chi connectivity index (χ2v) is 6.63. The average Bonchev–Trinajstić information content (AvgIpc) is 2.59. The van der Waals surface area contributed by atoms with Crippen molar-refractivity contribution in [3.8, 4) is 11.5 Å². The van der Waals surface area contributed by atoms with Crippen molar-refractivity contribution in [3.63, 3.8) is 0 Å². The van der Waals surface area contributed by atoms with Crippen LogP contribution in [0.3, 0.4) is 0 Å². The summed E-state index contributed by atoms with van der Waals surface area (Å²) in [6.45, 7) is 3.73. The highest BCUT2D eigenvalue weighted by atomic mass is 16.5. The van der Waals surface area contributed by atoms with Crippen LogP contribution in [0.2, 0.25) is 0 Å². The van der Waals surface area contributed by atoms with Gasteiger partial charge in [-0.05, 0) is 56.7 Å². The number of ether oxygens (including phenoxy) is 2. The van der Waals surface area contributed by atoms with Crippen molar-refractivity contribution in [1.82, 2.24) is 4.90 Å². The molecule has 1 aliphatic rings. The summed E-state index contributed by atoms with van der Waals surface area (Å²) in [5.74, 6) is 1.62. The highest BCUT2D eigenvalue weighted by Crippen LogP contribution is 2.29. The molecule has 5 nitrogen and oxygen atoms in total. The number of hydrogen-bond donors (Lipinski definition) is 0.